The fourth-order valence-corrected chi connectivity index (χ4v) is 2.07. The van der Waals surface area contributed by atoms with E-state index in [1.807, 2.05) is 0 Å². The minimum atomic E-state index is -0.634. The fraction of sp³-hybridized carbons (Fsp3) is 0.846. The van der Waals surface area contributed by atoms with Crippen LogP contribution in [0.5, 0.6) is 0 Å². The molecule has 0 bridgehead atoms. The second-order valence-corrected chi connectivity index (χ2v) is 4.59. The number of carbonyl (C=O) groups is 1. The predicted molar refractivity (Wildman–Crippen MR) is 63.6 cm³/mol. The highest BCUT2D eigenvalue weighted by atomic mass is 16.4. The van der Waals surface area contributed by atoms with Gasteiger partial charge in [0, 0.05) is 5.41 Å². The summed E-state index contributed by atoms with van der Waals surface area (Å²) in [5.74, 6) is -0.832. The van der Waals surface area contributed by atoms with Gasteiger partial charge in [0.2, 0.25) is 0 Å². The second-order valence-electron chi connectivity index (χ2n) is 4.59. The fourth-order valence-electron chi connectivity index (χ4n) is 2.07. The summed E-state index contributed by atoms with van der Waals surface area (Å²) in [5, 5.41) is 9.26. The molecule has 1 N–H and O–H groups in total. The maximum atomic E-state index is 11.2. The van der Waals surface area contributed by atoms with Crippen molar-refractivity contribution in [3.63, 3.8) is 0 Å². The molecule has 0 aliphatic rings. The van der Waals surface area contributed by atoms with E-state index in [-0.39, 0.29) is 11.3 Å². The molecule has 0 saturated carbocycles. The van der Waals surface area contributed by atoms with Crippen molar-refractivity contribution in [2.24, 2.45) is 11.3 Å². The maximum Gasteiger partial charge on any atom is 0.307 e. The summed E-state index contributed by atoms with van der Waals surface area (Å²) in [4.78, 5) is 11.2. The molecule has 2 heteroatoms. The number of hydrogen-bond acceptors (Lipinski definition) is 1. The minimum absolute atomic E-state index is 0.0716. The molecule has 0 radical (unpaired) electrons. The van der Waals surface area contributed by atoms with E-state index in [4.69, 9.17) is 0 Å². The first-order chi connectivity index (χ1) is 7.01. The molecule has 2 nitrogen and oxygen atoms in total. The molecule has 15 heavy (non-hydrogen) atoms. The molecular weight excluding hydrogens is 188 g/mol. The van der Waals surface area contributed by atoms with Gasteiger partial charge < -0.3 is 5.11 Å². The summed E-state index contributed by atoms with van der Waals surface area (Å²) in [6.45, 7) is 8.35. The molecule has 0 aromatic rings. The largest absolute Gasteiger partial charge is 0.481 e. The molecule has 2 unspecified atom stereocenters. The number of carboxylic acids is 1. The highest BCUT2D eigenvalue weighted by Gasteiger charge is 2.39. The van der Waals surface area contributed by atoms with E-state index in [1.54, 1.807) is 0 Å². The normalized spacial score (nSPS) is 16.8. The summed E-state index contributed by atoms with van der Waals surface area (Å²) >= 11 is 0. The van der Waals surface area contributed by atoms with Crippen LogP contribution in [0.2, 0.25) is 0 Å². The van der Waals surface area contributed by atoms with Gasteiger partial charge in [-0.2, -0.15) is 0 Å². The van der Waals surface area contributed by atoms with Gasteiger partial charge in [-0.05, 0) is 19.8 Å². The van der Waals surface area contributed by atoms with E-state index >= 15 is 0 Å². The molecule has 0 fully saturated rings. The molecule has 0 aliphatic carbocycles. The number of aliphatic carboxylic acids is 1. The van der Waals surface area contributed by atoms with Gasteiger partial charge in [0.05, 0.1) is 25.2 Å². The minimum Gasteiger partial charge on any atom is -0.481 e. The average molecular weight is 213 g/mol. The van der Waals surface area contributed by atoms with Crippen molar-refractivity contribution >= 4 is 5.97 Å². The molecule has 0 aromatic heterocycles. The van der Waals surface area contributed by atoms with Crippen LogP contribution in [0, 0.1) is 17.8 Å². The summed E-state index contributed by atoms with van der Waals surface area (Å²) in [5.41, 5.74) is -0.0716. The first kappa shape index (κ1) is 14.3. The van der Waals surface area contributed by atoms with Gasteiger partial charge in [-0.25, -0.2) is 0 Å². The summed E-state index contributed by atoms with van der Waals surface area (Å²) < 4.78 is 0. The van der Waals surface area contributed by atoms with Crippen LogP contribution in [-0.2, 0) is 4.79 Å². The van der Waals surface area contributed by atoms with Gasteiger partial charge in [0.1, 0.15) is 0 Å². The van der Waals surface area contributed by atoms with Crippen molar-refractivity contribution in [2.75, 3.05) is 0 Å². The second kappa shape index (κ2) is 6.76. The monoisotopic (exact) mass is 213 g/mol. The van der Waals surface area contributed by atoms with Crippen LogP contribution in [0.1, 0.15) is 59.8 Å². The van der Waals surface area contributed by atoms with Crippen LogP contribution < -0.4 is 0 Å². The van der Waals surface area contributed by atoms with Crippen LogP contribution in [0.15, 0.2) is 0 Å². The lowest BCUT2D eigenvalue weighted by Crippen LogP contribution is -2.33. The van der Waals surface area contributed by atoms with E-state index < -0.39 is 5.97 Å². The van der Waals surface area contributed by atoms with Crippen molar-refractivity contribution in [1.82, 2.24) is 0 Å². The van der Waals surface area contributed by atoms with Crippen LogP contribution in [0.25, 0.3) is 0 Å². The van der Waals surface area contributed by atoms with Gasteiger partial charge in [0.15, 0.2) is 0 Å². The SMILES string of the molecule is CC[CH+]CC(C)(CC)C(CCC)C(=O)O. The topological polar surface area (TPSA) is 37.3 Å². The third-order valence-electron chi connectivity index (χ3n) is 3.42. The molecule has 0 saturated heterocycles. The van der Waals surface area contributed by atoms with Gasteiger partial charge >= 0.3 is 5.97 Å². The zero-order valence-electron chi connectivity index (χ0n) is 10.5. The predicted octanol–water partition coefficient (Wildman–Crippen LogP) is 3.91. The Bertz CT molecular complexity index is 189. The summed E-state index contributed by atoms with van der Waals surface area (Å²) in [6, 6.07) is 0. The van der Waals surface area contributed by atoms with Gasteiger partial charge in [-0.1, -0.05) is 27.2 Å². The highest BCUT2D eigenvalue weighted by molar-refractivity contribution is 5.71. The Morgan fingerprint density at radius 3 is 2.33 bits per heavy atom. The Balaban J connectivity index is 4.60. The third-order valence-corrected chi connectivity index (χ3v) is 3.42. The van der Waals surface area contributed by atoms with E-state index in [1.165, 1.54) is 0 Å². The van der Waals surface area contributed by atoms with Crippen LogP contribution >= 0.6 is 0 Å². The van der Waals surface area contributed by atoms with E-state index in [9.17, 15) is 9.90 Å². The summed E-state index contributed by atoms with van der Waals surface area (Å²) in [7, 11) is 0. The van der Waals surface area contributed by atoms with Crippen molar-refractivity contribution in [3.05, 3.63) is 6.42 Å². The Kier molecular flexibility index (Phi) is 6.46. The summed E-state index contributed by atoms with van der Waals surface area (Å²) in [6.07, 6.45) is 6.80. The molecule has 0 amide bonds. The Labute approximate surface area is 94.1 Å². The van der Waals surface area contributed by atoms with Gasteiger partial charge in [-0.15, -0.1) is 0 Å². The smallest absolute Gasteiger partial charge is 0.307 e. The van der Waals surface area contributed by atoms with Crippen molar-refractivity contribution < 1.29 is 9.90 Å². The Morgan fingerprint density at radius 2 is 2.00 bits per heavy atom. The average Bonchev–Trinajstić information content (AvgIpc) is 2.22. The number of hydrogen-bond donors (Lipinski definition) is 1. The number of rotatable bonds is 8. The quantitative estimate of drug-likeness (QED) is 0.621. The van der Waals surface area contributed by atoms with E-state index in [0.717, 1.165) is 32.1 Å². The maximum absolute atomic E-state index is 11.2. The first-order valence-electron chi connectivity index (χ1n) is 6.06. The van der Waals surface area contributed by atoms with Gasteiger partial charge in [0.25, 0.3) is 0 Å². The number of unbranched alkanes of at least 4 members (excludes halogenated alkanes) is 1. The number of carboxylic acid groups (broad SMARTS) is 1. The van der Waals surface area contributed by atoms with E-state index in [2.05, 4.69) is 34.1 Å². The first-order valence-corrected chi connectivity index (χ1v) is 6.06. The molecule has 0 aliphatic heterocycles. The highest BCUT2D eigenvalue weighted by Crippen LogP contribution is 2.39. The van der Waals surface area contributed by atoms with Crippen molar-refractivity contribution in [1.29, 1.82) is 0 Å². The zero-order valence-corrected chi connectivity index (χ0v) is 10.5. The lowest BCUT2D eigenvalue weighted by molar-refractivity contribution is -0.147. The third kappa shape index (κ3) is 4.15. The van der Waals surface area contributed by atoms with Crippen LogP contribution in [-0.4, -0.2) is 11.1 Å². The van der Waals surface area contributed by atoms with Crippen molar-refractivity contribution in [2.45, 2.75) is 59.8 Å². The molecule has 88 valence electrons. The van der Waals surface area contributed by atoms with Crippen LogP contribution in [0.3, 0.4) is 0 Å². The lowest BCUT2D eigenvalue weighted by atomic mass is 9.70. The van der Waals surface area contributed by atoms with E-state index in [0.29, 0.717) is 0 Å². The Morgan fingerprint density at radius 1 is 1.40 bits per heavy atom. The molecule has 2 atom stereocenters. The van der Waals surface area contributed by atoms with Gasteiger partial charge in [-0.3, -0.25) is 4.79 Å². The standard InChI is InChI=1S/C13H24O2/c1-5-8-10-13(4,7-3)11(9-6-2)12(14)15/h8,11H,5-7,9-10H2,1-4H3/p+1. The van der Waals surface area contributed by atoms with Crippen LogP contribution in [0.4, 0.5) is 0 Å². The molecule has 0 spiro atoms. The zero-order chi connectivity index (χ0) is 11.9. The molecule has 0 rings (SSSR count). The molecule has 0 heterocycles. The lowest BCUT2D eigenvalue weighted by Gasteiger charge is -2.31. The molecule has 0 aromatic carbocycles. The Hall–Kier alpha value is -0.660. The molecular formula is C13H25O2+. The van der Waals surface area contributed by atoms with Crippen molar-refractivity contribution in [3.8, 4) is 0 Å².